The molecular weight excluding hydrogens is 319 g/mol. The third kappa shape index (κ3) is 5.15. The Morgan fingerprint density at radius 1 is 1.41 bits per heavy atom. The molecule has 124 valence electrons. The summed E-state index contributed by atoms with van der Waals surface area (Å²) in [7, 11) is 0. The van der Waals surface area contributed by atoms with Gasteiger partial charge >= 0.3 is 0 Å². The molecule has 0 heterocycles. The van der Waals surface area contributed by atoms with Crippen LogP contribution in [-0.4, -0.2) is 18.5 Å². The fraction of sp³-hybridized carbons (Fsp3) is 0.588. The van der Waals surface area contributed by atoms with Crippen LogP contribution in [0.2, 0.25) is 5.02 Å². The fourth-order valence-electron chi connectivity index (χ4n) is 2.96. The lowest BCUT2D eigenvalue weighted by Gasteiger charge is -2.26. The zero-order valence-corrected chi connectivity index (χ0v) is 14.8. The Kier molecular flexibility index (Phi) is 7.17. The van der Waals surface area contributed by atoms with Crippen LogP contribution in [0.4, 0.5) is 0 Å². The summed E-state index contributed by atoms with van der Waals surface area (Å²) in [6, 6.07) is 8.00. The maximum Gasteiger partial charge on any atom is 0.220 e. The summed E-state index contributed by atoms with van der Waals surface area (Å²) < 4.78 is 0. The number of hydrogen-bond acceptors (Lipinski definition) is 2. The molecule has 1 aromatic carbocycles. The van der Waals surface area contributed by atoms with Gasteiger partial charge < -0.3 is 11.1 Å². The number of carbonyl (C=O) groups is 1. The van der Waals surface area contributed by atoms with Crippen LogP contribution in [0.15, 0.2) is 24.3 Å². The van der Waals surface area contributed by atoms with Crippen LogP contribution in [0.3, 0.4) is 0 Å². The Morgan fingerprint density at radius 2 is 2.14 bits per heavy atom. The second-order valence-corrected chi connectivity index (χ2v) is 7.17. The molecule has 0 aliphatic heterocycles. The van der Waals surface area contributed by atoms with E-state index < -0.39 is 0 Å². The summed E-state index contributed by atoms with van der Waals surface area (Å²) >= 11 is 6.04. The summed E-state index contributed by atoms with van der Waals surface area (Å²) in [5.41, 5.74) is 7.01. The molecule has 2 atom stereocenters. The van der Waals surface area contributed by atoms with Crippen molar-refractivity contribution in [1.29, 1.82) is 0 Å². The molecule has 0 bridgehead atoms. The largest absolute Gasteiger partial charge is 0.355 e. The molecule has 0 aromatic heterocycles. The first-order valence-corrected chi connectivity index (χ1v) is 8.04. The van der Waals surface area contributed by atoms with Crippen LogP contribution in [-0.2, 0) is 10.2 Å². The van der Waals surface area contributed by atoms with Crippen LogP contribution >= 0.6 is 24.0 Å². The van der Waals surface area contributed by atoms with Crippen LogP contribution in [0.1, 0.15) is 45.1 Å². The zero-order valence-electron chi connectivity index (χ0n) is 13.3. The minimum Gasteiger partial charge on any atom is -0.355 e. The van der Waals surface area contributed by atoms with E-state index in [0.717, 1.165) is 29.8 Å². The predicted molar refractivity (Wildman–Crippen MR) is 94.7 cm³/mol. The van der Waals surface area contributed by atoms with Crippen LogP contribution in [0, 0.1) is 5.92 Å². The van der Waals surface area contributed by atoms with E-state index in [1.165, 1.54) is 0 Å². The van der Waals surface area contributed by atoms with Crippen LogP contribution < -0.4 is 11.1 Å². The van der Waals surface area contributed by atoms with E-state index in [9.17, 15) is 4.79 Å². The summed E-state index contributed by atoms with van der Waals surface area (Å²) in [5, 5.41) is 3.78. The molecule has 1 aliphatic carbocycles. The molecule has 0 unspecified atom stereocenters. The molecule has 1 aromatic rings. The number of hydrogen-bond donors (Lipinski definition) is 2. The molecule has 0 saturated heterocycles. The van der Waals surface area contributed by atoms with E-state index >= 15 is 0 Å². The number of nitrogens with one attached hydrogen (secondary N) is 1. The summed E-state index contributed by atoms with van der Waals surface area (Å²) in [6.45, 7) is 4.83. The zero-order chi connectivity index (χ0) is 15.5. The number of nitrogens with two attached hydrogens (primary N) is 1. The number of benzene rings is 1. The second-order valence-electron chi connectivity index (χ2n) is 6.73. The summed E-state index contributed by atoms with van der Waals surface area (Å²) in [5.74, 6) is 0.451. The van der Waals surface area contributed by atoms with E-state index in [4.69, 9.17) is 17.3 Å². The van der Waals surface area contributed by atoms with Crippen molar-refractivity contribution >= 4 is 29.9 Å². The van der Waals surface area contributed by atoms with Crippen LogP contribution in [0.5, 0.6) is 0 Å². The molecule has 0 spiro atoms. The molecule has 3 N–H and O–H groups in total. The lowest BCUT2D eigenvalue weighted by Crippen LogP contribution is -2.38. The molecule has 5 heteroatoms. The lowest BCUT2D eigenvalue weighted by atomic mass is 9.84. The second kappa shape index (κ2) is 8.19. The lowest BCUT2D eigenvalue weighted by molar-refractivity contribution is -0.122. The first-order chi connectivity index (χ1) is 9.88. The molecular formula is C17H26Cl2N2O. The number of halogens is 2. The molecule has 1 fully saturated rings. The van der Waals surface area contributed by atoms with Gasteiger partial charge in [0.2, 0.25) is 5.91 Å². The quantitative estimate of drug-likeness (QED) is 0.855. The molecule has 1 aliphatic rings. The number of amides is 1. The van der Waals surface area contributed by atoms with Crippen molar-refractivity contribution in [2.24, 2.45) is 11.7 Å². The highest BCUT2D eigenvalue weighted by atomic mass is 35.5. The summed E-state index contributed by atoms with van der Waals surface area (Å²) in [6.07, 6.45) is 3.82. The Hall–Kier alpha value is -0.770. The third-order valence-corrected chi connectivity index (χ3v) is 4.73. The van der Waals surface area contributed by atoms with Gasteiger partial charge in [-0.2, -0.15) is 0 Å². The van der Waals surface area contributed by atoms with Gasteiger partial charge in [-0.15, -0.1) is 12.4 Å². The van der Waals surface area contributed by atoms with Gasteiger partial charge in [-0.1, -0.05) is 44.0 Å². The standard InChI is InChI=1S/C17H25ClN2O.ClH/c1-17(2,13-6-4-7-14(18)10-13)11-20-16(21)9-12-5-3-8-15(12)19;/h4,6-7,10,12,15H,3,5,8-9,11,19H2,1-2H3,(H,20,21);1H/t12-,15+;/m0./s1. The predicted octanol–water partition coefficient (Wildman–Crippen LogP) is 3.67. The van der Waals surface area contributed by atoms with Gasteiger partial charge in [0.25, 0.3) is 0 Å². The molecule has 1 amide bonds. The third-order valence-electron chi connectivity index (χ3n) is 4.50. The van der Waals surface area contributed by atoms with Gasteiger partial charge in [0, 0.05) is 29.4 Å². The van der Waals surface area contributed by atoms with Crippen molar-refractivity contribution in [3.63, 3.8) is 0 Å². The molecule has 1 saturated carbocycles. The Balaban J connectivity index is 0.00000242. The molecule has 3 nitrogen and oxygen atoms in total. The highest BCUT2D eigenvalue weighted by molar-refractivity contribution is 6.30. The van der Waals surface area contributed by atoms with Crippen molar-refractivity contribution in [2.75, 3.05) is 6.54 Å². The molecule has 0 radical (unpaired) electrons. The van der Waals surface area contributed by atoms with E-state index in [-0.39, 0.29) is 29.8 Å². The van der Waals surface area contributed by atoms with Crippen molar-refractivity contribution in [3.8, 4) is 0 Å². The van der Waals surface area contributed by atoms with Gasteiger partial charge in [0.1, 0.15) is 0 Å². The Morgan fingerprint density at radius 3 is 2.73 bits per heavy atom. The topological polar surface area (TPSA) is 55.1 Å². The van der Waals surface area contributed by atoms with Gasteiger partial charge in [-0.3, -0.25) is 4.79 Å². The molecule has 2 rings (SSSR count). The van der Waals surface area contributed by atoms with Gasteiger partial charge in [-0.25, -0.2) is 0 Å². The highest BCUT2D eigenvalue weighted by Crippen LogP contribution is 2.27. The summed E-state index contributed by atoms with van der Waals surface area (Å²) in [4.78, 5) is 12.1. The SMILES string of the molecule is CC(C)(CNC(=O)C[C@@H]1CCC[C@H]1N)c1cccc(Cl)c1.Cl. The Labute approximate surface area is 144 Å². The average molecular weight is 345 g/mol. The van der Waals surface area contributed by atoms with E-state index in [2.05, 4.69) is 19.2 Å². The van der Waals surface area contributed by atoms with Gasteiger partial charge in [0.05, 0.1) is 0 Å². The molecule has 22 heavy (non-hydrogen) atoms. The van der Waals surface area contributed by atoms with Crippen molar-refractivity contribution < 1.29 is 4.79 Å². The first kappa shape index (κ1) is 19.3. The van der Waals surface area contributed by atoms with Crippen LogP contribution in [0.25, 0.3) is 0 Å². The van der Waals surface area contributed by atoms with Crippen molar-refractivity contribution in [3.05, 3.63) is 34.9 Å². The highest BCUT2D eigenvalue weighted by Gasteiger charge is 2.27. The number of carbonyl (C=O) groups excluding carboxylic acids is 1. The van der Waals surface area contributed by atoms with Crippen molar-refractivity contribution in [1.82, 2.24) is 5.32 Å². The maximum absolute atomic E-state index is 12.1. The van der Waals surface area contributed by atoms with E-state index in [1.807, 2.05) is 24.3 Å². The van der Waals surface area contributed by atoms with Gasteiger partial charge in [0.15, 0.2) is 0 Å². The van der Waals surface area contributed by atoms with E-state index in [0.29, 0.717) is 18.9 Å². The normalized spacial score (nSPS) is 21.3. The Bertz CT molecular complexity index is 505. The smallest absolute Gasteiger partial charge is 0.220 e. The first-order valence-electron chi connectivity index (χ1n) is 7.67. The minimum atomic E-state index is -0.141. The van der Waals surface area contributed by atoms with E-state index in [1.54, 1.807) is 0 Å². The monoisotopic (exact) mass is 344 g/mol. The van der Waals surface area contributed by atoms with Crippen molar-refractivity contribution in [2.45, 2.75) is 51.0 Å². The maximum atomic E-state index is 12.1. The number of rotatable bonds is 5. The fourth-order valence-corrected chi connectivity index (χ4v) is 3.15. The average Bonchev–Trinajstić information content (AvgIpc) is 2.82. The minimum absolute atomic E-state index is 0. The van der Waals surface area contributed by atoms with Gasteiger partial charge in [-0.05, 0) is 36.5 Å².